The number of nitrogens with one attached hydrogen (secondary N) is 1. The molecule has 1 aliphatic rings. The maximum atomic E-state index is 6.04. The molecule has 0 spiro atoms. The Hall–Kier alpha value is -0.450. The summed E-state index contributed by atoms with van der Waals surface area (Å²) < 4.78 is 6.04. The highest BCUT2D eigenvalue weighted by Crippen LogP contribution is 2.34. The van der Waals surface area contributed by atoms with Gasteiger partial charge in [0.25, 0.3) is 0 Å². The van der Waals surface area contributed by atoms with Gasteiger partial charge in [-0.15, -0.1) is 11.3 Å². The molecule has 0 aromatic carbocycles. The molecular weight excluding hydrogens is 256 g/mol. The molecule has 1 N–H and O–H groups in total. The Kier molecular flexibility index (Phi) is 5.79. The van der Waals surface area contributed by atoms with E-state index in [0.29, 0.717) is 6.04 Å². The Labute approximate surface area is 120 Å². The maximum absolute atomic E-state index is 6.04. The molecule has 0 radical (unpaired) electrons. The third-order valence-electron chi connectivity index (χ3n) is 4.30. The number of aromatic nitrogens is 1. The van der Waals surface area contributed by atoms with Gasteiger partial charge in [-0.05, 0) is 19.4 Å². The van der Waals surface area contributed by atoms with Crippen LogP contribution in [0.5, 0.6) is 0 Å². The summed E-state index contributed by atoms with van der Waals surface area (Å²) in [6.07, 6.45) is 10.5. The van der Waals surface area contributed by atoms with E-state index in [1.165, 1.54) is 43.5 Å². The smallest absolute Gasteiger partial charge is 0.0941 e. The number of thiazole rings is 1. The van der Waals surface area contributed by atoms with Gasteiger partial charge in [0.05, 0.1) is 10.6 Å². The third-order valence-corrected chi connectivity index (χ3v) is 5.11. The quantitative estimate of drug-likeness (QED) is 0.812. The maximum Gasteiger partial charge on any atom is 0.0941 e. The minimum Gasteiger partial charge on any atom is -0.377 e. The second-order valence-corrected chi connectivity index (χ2v) is 6.40. The lowest BCUT2D eigenvalue weighted by atomic mass is 9.84. The summed E-state index contributed by atoms with van der Waals surface area (Å²) in [4.78, 5) is 4.44. The lowest BCUT2D eigenvalue weighted by molar-refractivity contribution is -0.0523. The summed E-state index contributed by atoms with van der Waals surface area (Å²) in [6, 6.07) is 0.381. The molecule has 1 aromatic heterocycles. The highest BCUT2D eigenvalue weighted by Gasteiger charge is 2.39. The highest BCUT2D eigenvalue weighted by molar-refractivity contribution is 7.09. The molecule has 19 heavy (non-hydrogen) atoms. The predicted octanol–water partition coefficient (Wildman–Crippen LogP) is 3.40. The van der Waals surface area contributed by atoms with Crippen molar-refractivity contribution in [2.24, 2.45) is 0 Å². The van der Waals surface area contributed by atoms with Crippen molar-refractivity contribution in [3.8, 4) is 0 Å². The molecule has 1 aromatic rings. The normalized spacial score (nSPS) is 20.9. The summed E-state index contributed by atoms with van der Waals surface area (Å²) in [6.45, 7) is 3.16. The molecule has 2 rings (SSSR count). The van der Waals surface area contributed by atoms with Gasteiger partial charge >= 0.3 is 0 Å². The van der Waals surface area contributed by atoms with Crippen LogP contribution in [-0.4, -0.2) is 30.3 Å². The van der Waals surface area contributed by atoms with E-state index in [2.05, 4.69) is 22.6 Å². The van der Waals surface area contributed by atoms with Crippen LogP contribution in [0.25, 0.3) is 0 Å². The fraction of sp³-hybridized carbons (Fsp3) is 0.800. The van der Waals surface area contributed by atoms with Crippen LogP contribution in [0.1, 0.15) is 50.5 Å². The predicted molar refractivity (Wildman–Crippen MR) is 80.7 cm³/mol. The molecule has 0 saturated heterocycles. The van der Waals surface area contributed by atoms with E-state index in [-0.39, 0.29) is 5.60 Å². The van der Waals surface area contributed by atoms with E-state index >= 15 is 0 Å². The SMILES string of the molecule is CCNC(Cc1nccs1)C1(OC)CCCCCC1. The van der Waals surface area contributed by atoms with Gasteiger partial charge in [0.2, 0.25) is 0 Å². The van der Waals surface area contributed by atoms with Gasteiger partial charge in [0, 0.05) is 31.1 Å². The van der Waals surface area contributed by atoms with Crippen LogP contribution in [0.3, 0.4) is 0 Å². The summed E-state index contributed by atoms with van der Waals surface area (Å²) >= 11 is 1.75. The average molecular weight is 282 g/mol. The monoisotopic (exact) mass is 282 g/mol. The van der Waals surface area contributed by atoms with Gasteiger partial charge in [-0.1, -0.05) is 32.6 Å². The van der Waals surface area contributed by atoms with Crippen molar-refractivity contribution in [2.45, 2.75) is 63.5 Å². The molecule has 108 valence electrons. The van der Waals surface area contributed by atoms with Crippen LogP contribution < -0.4 is 5.32 Å². The van der Waals surface area contributed by atoms with Crippen molar-refractivity contribution in [3.63, 3.8) is 0 Å². The average Bonchev–Trinajstić information content (AvgIpc) is 2.81. The minimum atomic E-state index is -0.00181. The van der Waals surface area contributed by atoms with Crippen molar-refractivity contribution in [1.82, 2.24) is 10.3 Å². The van der Waals surface area contributed by atoms with Gasteiger partial charge < -0.3 is 10.1 Å². The molecule has 1 heterocycles. The largest absolute Gasteiger partial charge is 0.377 e. The molecule has 0 bridgehead atoms. The first-order chi connectivity index (χ1) is 9.30. The standard InChI is InChI=1S/C15H26N2OS/c1-3-16-13(12-14-17-10-11-19-14)15(18-2)8-6-4-5-7-9-15/h10-11,13,16H,3-9,12H2,1-2H3. The number of methoxy groups -OCH3 is 1. The fourth-order valence-electron chi connectivity index (χ4n) is 3.24. The van der Waals surface area contributed by atoms with Gasteiger partial charge in [0.1, 0.15) is 0 Å². The highest BCUT2D eigenvalue weighted by atomic mass is 32.1. The third kappa shape index (κ3) is 3.77. The van der Waals surface area contributed by atoms with E-state index in [1.807, 2.05) is 13.3 Å². The number of nitrogens with zero attached hydrogens (tertiary/aromatic N) is 1. The van der Waals surface area contributed by atoms with Crippen LogP contribution in [0.15, 0.2) is 11.6 Å². The minimum absolute atomic E-state index is 0.00181. The van der Waals surface area contributed by atoms with E-state index < -0.39 is 0 Å². The van der Waals surface area contributed by atoms with Crippen molar-refractivity contribution in [3.05, 3.63) is 16.6 Å². The van der Waals surface area contributed by atoms with Gasteiger partial charge in [-0.2, -0.15) is 0 Å². The molecule has 1 saturated carbocycles. The first-order valence-electron chi connectivity index (χ1n) is 7.47. The Morgan fingerprint density at radius 2 is 2.11 bits per heavy atom. The topological polar surface area (TPSA) is 34.2 Å². The summed E-state index contributed by atoms with van der Waals surface area (Å²) in [5, 5.41) is 6.93. The molecule has 1 aliphatic carbocycles. The van der Waals surface area contributed by atoms with Gasteiger partial charge in [0.15, 0.2) is 0 Å². The molecule has 4 heteroatoms. The molecule has 0 aliphatic heterocycles. The summed E-state index contributed by atoms with van der Waals surface area (Å²) in [5.41, 5.74) is -0.00181. The number of hydrogen-bond acceptors (Lipinski definition) is 4. The van der Waals surface area contributed by atoms with Crippen LogP contribution in [0, 0.1) is 0 Å². The lowest BCUT2D eigenvalue weighted by Crippen LogP contribution is -2.53. The van der Waals surface area contributed by atoms with E-state index in [0.717, 1.165) is 13.0 Å². The van der Waals surface area contributed by atoms with Crippen molar-refractivity contribution >= 4 is 11.3 Å². The molecule has 0 amide bonds. The Bertz CT molecular complexity index is 345. The zero-order valence-electron chi connectivity index (χ0n) is 12.2. The summed E-state index contributed by atoms with van der Waals surface area (Å²) in [7, 11) is 1.89. The van der Waals surface area contributed by atoms with Crippen LogP contribution >= 0.6 is 11.3 Å². The van der Waals surface area contributed by atoms with Crippen LogP contribution in [0.2, 0.25) is 0 Å². The van der Waals surface area contributed by atoms with E-state index in [1.54, 1.807) is 11.3 Å². The number of ether oxygens (including phenoxy) is 1. The number of likely N-dealkylation sites (N-methyl/N-ethyl adjacent to an activating group) is 1. The molecule has 3 nitrogen and oxygen atoms in total. The van der Waals surface area contributed by atoms with E-state index in [9.17, 15) is 0 Å². The zero-order valence-corrected chi connectivity index (χ0v) is 13.0. The second kappa shape index (κ2) is 7.36. The zero-order chi connectivity index (χ0) is 13.6. The molecule has 1 atom stereocenters. The first kappa shape index (κ1) is 14.9. The summed E-state index contributed by atoms with van der Waals surface area (Å²) in [5.74, 6) is 0. The number of hydrogen-bond donors (Lipinski definition) is 1. The molecule has 1 unspecified atom stereocenters. The van der Waals surface area contributed by atoms with Gasteiger partial charge in [-0.25, -0.2) is 4.98 Å². The Balaban J connectivity index is 2.13. The molecular formula is C15H26N2OS. The second-order valence-electron chi connectivity index (χ2n) is 5.42. The van der Waals surface area contributed by atoms with Crippen LogP contribution in [-0.2, 0) is 11.2 Å². The van der Waals surface area contributed by atoms with E-state index in [4.69, 9.17) is 4.74 Å². The Morgan fingerprint density at radius 1 is 1.37 bits per heavy atom. The first-order valence-corrected chi connectivity index (χ1v) is 8.35. The van der Waals surface area contributed by atoms with Crippen molar-refractivity contribution in [2.75, 3.05) is 13.7 Å². The number of rotatable bonds is 6. The fourth-order valence-corrected chi connectivity index (χ4v) is 3.90. The van der Waals surface area contributed by atoms with Crippen LogP contribution in [0.4, 0.5) is 0 Å². The van der Waals surface area contributed by atoms with Gasteiger partial charge in [-0.3, -0.25) is 0 Å². The Morgan fingerprint density at radius 3 is 2.63 bits per heavy atom. The lowest BCUT2D eigenvalue weighted by Gasteiger charge is -2.39. The van der Waals surface area contributed by atoms with Crippen molar-refractivity contribution in [1.29, 1.82) is 0 Å². The van der Waals surface area contributed by atoms with Crippen molar-refractivity contribution < 1.29 is 4.74 Å². The molecule has 1 fully saturated rings.